The summed E-state index contributed by atoms with van der Waals surface area (Å²) in [5, 5.41) is 13.7. The summed E-state index contributed by atoms with van der Waals surface area (Å²) in [7, 11) is 1.28. The second-order valence-electron chi connectivity index (χ2n) is 5.46. The Balaban J connectivity index is 2.18. The van der Waals surface area contributed by atoms with Crippen LogP contribution in [0.2, 0.25) is 0 Å². The average molecular weight is 301 g/mol. The smallest absolute Gasteiger partial charge is 0.308 e. The normalized spacial score (nSPS) is 37.4. The molecular weight excluding hydrogens is 282 g/mol. The van der Waals surface area contributed by atoms with Crippen LogP contribution in [-0.4, -0.2) is 61.0 Å². The third-order valence-corrected chi connectivity index (χ3v) is 3.52. The number of esters is 1. The van der Waals surface area contributed by atoms with Gasteiger partial charge in [0.05, 0.1) is 32.3 Å². The first-order valence-electron chi connectivity index (χ1n) is 6.65. The molecule has 0 unspecified atom stereocenters. The van der Waals surface area contributed by atoms with Crippen LogP contribution in [0.25, 0.3) is 10.4 Å². The lowest BCUT2D eigenvalue weighted by molar-refractivity contribution is -0.190. The highest BCUT2D eigenvalue weighted by Crippen LogP contribution is 2.38. The van der Waals surface area contributed by atoms with Gasteiger partial charge in [-0.2, -0.15) is 0 Å². The SMILES string of the molecule is COC(=O)C[C@@H]1O[C@H](CN=[N+]=[N-])[C@@H](O)[C@@H]2OC(C)(C)O[C@@H]21. The number of ether oxygens (including phenoxy) is 4. The number of fused-ring (bicyclic) bond motifs is 1. The molecule has 0 bridgehead atoms. The summed E-state index contributed by atoms with van der Waals surface area (Å²) < 4.78 is 21.7. The molecule has 0 aliphatic carbocycles. The van der Waals surface area contributed by atoms with Crippen molar-refractivity contribution >= 4 is 5.97 Å². The fourth-order valence-electron chi connectivity index (χ4n) is 2.64. The highest BCUT2D eigenvalue weighted by molar-refractivity contribution is 5.69. The molecule has 0 amide bonds. The lowest BCUT2D eigenvalue weighted by Crippen LogP contribution is -2.57. The zero-order chi connectivity index (χ0) is 15.6. The Morgan fingerprint density at radius 1 is 1.38 bits per heavy atom. The van der Waals surface area contributed by atoms with Gasteiger partial charge in [-0.3, -0.25) is 4.79 Å². The molecule has 0 aromatic carbocycles. The molecule has 0 aromatic rings. The van der Waals surface area contributed by atoms with Gasteiger partial charge in [-0.25, -0.2) is 0 Å². The average Bonchev–Trinajstić information content (AvgIpc) is 2.76. The largest absolute Gasteiger partial charge is 0.469 e. The lowest BCUT2D eigenvalue weighted by Gasteiger charge is -2.39. The third kappa shape index (κ3) is 3.45. The maximum Gasteiger partial charge on any atom is 0.308 e. The lowest BCUT2D eigenvalue weighted by atomic mass is 9.93. The molecular formula is C12H19N3O6. The fraction of sp³-hybridized carbons (Fsp3) is 0.917. The minimum atomic E-state index is -1.00. The van der Waals surface area contributed by atoms with E-state index in [1.165, 1.54) is 7.11 Å². The van der Waals surface area contributed by atoms with Crippen LogP contribution in [0.5, 0.6) is 0 Å². The van der Waals surface area contributed by atoms with Gasteiger partial charge in [0.1, 0.15) is 18.3 Å². The number of carbonyl (C=O) groups is 1. The van der Waals surface area contributed by atoms with E-state index < -0.39 is 42.3 Å². The van der Waals surface area contributed by atoms with Crippen LogP contribution in [0.3, 0.4) is 0 Å². The number of methoxy groups -OCH3 is 1. The number of hydrogen-bond donors (Lipinski definition) is 1. The molecule has 5 atom stereocenters. The summed E-state index contributed by atoms with van der Waals surface area (Å²) in [5.41, 5.74) is 8.39. The molecule has 2 heterocycles. The Bertz CT molecular complexity index is 450. The molecule has 1 N–H and O–H groups in total. The van der Waals surface area contributed by atoms with Gasteiger partial charge in [-0.1, -0.05) is 5.11 Å². The number of azide groups is 1. The van der Waals surface area contributed by atoms with Crippen LogP contribution in [0.1, 0.15) is 20.3 Å². The van der Waals surface area contributed by atoms with Gasteiger partial charge in [-0.15, -0.1) is 0 Å². The van der Waals surface area contributed by atoms with Crippen molar-refractivity contribution in [1.82, 2.24) is 0 Å². The van der Waals surface area contributed by atoms with E-state index in [4.69, 9.17) is 19.7 Å². The number of aliphatic hydroxyl groups excluding tert-OH is 1. The topological polar surface area (TPSA) is 123 Å². The molecule has 9 heteroatoms. The van der Waals surface area contributed by atoms with Crippen molar-refractivity contribution in [1.29, 1.82) is 0 Å². The summed E-state index contributed by atoms with van der Waals surface area (Å²) in [6.45, 7) is 3.38. The molecule has 0 saturated carbocycles. The van der Waals surface area contributed by atoms with E-state index in [0.717, 1.165) is 0 Å². The van der Waals surface area contributed by atoms with Gasteiger partial charge in [0.2, 0.25) is 0 Å². The van der Waals surface area contributed by atoms with E-state index in [1.807, 2.05) is 0 Å². The Kier molecular flexibility index (Phi) is 4.70. The summed E-state index contributed by atoms with van der Waals surface area (Å²) >= 11 is 0. The number of carbonyl (C=O) groups excluding carboxylic acids is 1. The molecule has 0 aromatic heterocycles. The number of nitrogens with zero attached hydrogens (tertiary/aromatic N) is 3. The third-order valence-electron chi connectivity index (χ3n) is 3.52. The van der Waals surface area contributed by atoms with Gasteiger partial charge < -0.3 is 24.1 Å². The van der Waals surface area contributed by atoms with Gasteiger partial charge in [0, 0.05) is 4.91 Å². The zero-order valence-corrected chi connectivity index (χ0v) is 12.1. The maximum absolute atomic E-state index is 11.5. The van der Waals surface area contributed by atoms with Gasteiger partial charge in [0.15, 0.2) is 5.79 Å². The molecule has 0 spiro atoms. The second-order valence-corrected chi connectivity index (χ2v) is 5.46. The van der Waals surface area contributed by atoms with E-state index in [2.05, 4.69) is 14.8 Å². The van der Waals surface area contributed by atoms with Gasteiger partial charge in [-0.05, 0) is 19.4 Å². The Labute approximate surface area is 121 Å². The van der Waals surface area contributed by atoms with Crippen molar-refractivity contribution in [2.75, 3.05) is 13.7 Å². The van der Waals surface area contributed by atoms with Crippen LogP contribution < -0.4 is 0 Å². The van der Waals surface area contributed by atoms with Crippen molar-refractivity contribution in [2.45, 2.75) is 56.6 Å². The number of rotatable bonds is 4. The maximum atomic E-state index is 11.5. The van der Waals surface area contributed by atoms with E-state index >= 15 is 0 Å². The van der Waals surface area contributed by atoms with Crippen LogP contribution in [-0.2, 0) is 23.7 Å². The minimum Gasteiger partial charge on any atom is -0.469 e. The summed E-state index contributed by atoms with van der Waals surface area (Å²) in [4.78, 5) is 14.1. The standard InChI is InChI=1S/C12H19N3O6/c1-12(2)20-10-6(4-8(16)18-3)19-7(5-14-15-13)9(17)11(10)21-12/h6-7,9-11,17H,4-5H2,1-3H3/t6-,7+,9+,10+,11-/m0/s1. The van der Waals surface area contributed by atoms with Crippen LogP contribution >= 0.6 is 0 Å². The number of aliphatic hydroxyl groups is 1. The van der Waals surface area contributed by atoms with E-state index in [-0.39, 0.29) is 13.0 Å². The molecule has 2 aliphatic rings. The molecule has 0 radical (unpaired) electrons. The first-order chi connectivity index (χ1) is 9.88. The minimum absolute atomic E-state index is 0.0312. The van der Waals surface area contributed by atoms with Crippen LogP contribution in [0.4, 0.5) is 0 Å². The van der Waals surface area contributed by atoms with E-state index in [1.54, 1.807) is 13.8 Å². The van der Waals surface area contributed by atoms with Crippen molar-refractivity contribution in [3.63, 3.8) is 0 Å². The second kappa shape index (κ2) is 6.17. The van der Waals surface area contributed by atoms with Gasteiger partial charge in [0.25, 0.3) is 0 Å². The van der Waals surface area contributed by atoms with Crippen LogP contribution in [0.15, 0.2) is 5.11 Å². The summed E-state index contributed by atoms with van der Waals surface area (Å²) in [6, 6.07) is 0. The predicted molar refractivity (Wildman–Crippen MR) is 69.1 cm³/mol. The zero-order valence-electron chi connectivity index (χ0n) is 12.1. The molecule has 21 heavy (non-hydrogen) atoms. The Morgan fingerprint density at radius 2 is 2.05 bits per heavy atom. The van der Waals surface area contributed by atoms with Crippen molar-refractivity contribution in [2.24, 2.45) is 5.11 Å². The Hall–Kier alpha value is -1.38. The molecule has 2 fully saturated rings. The molecule has 118 valence electrons. The molecule has 2 rings (SSSR count). The fourth-order valence-corrected chi connectivity index (χ4v) is 2.64. The highest BCUT2D eigenvalue weighted by atomic mass is 16.8. The quantitative estimate of drug-likeness (QED) is 0.349. The van der Waals surface area contributed by atoms with E-state index in [9.17, 15) is 9.90 Å². The monoisotopic (exact) mass is 301 g/mol. The first-order valence-corrected chi connectivity index (χ1v) is 6.65. The summed E-state index contributed by atoms with van der Waals surface area (Å²) in [6.07, 6.45) is -3.66. The van der Waals surface area contributed by atoms with Gasteiger partial charge >= 0.3 is 5.97 Å². The molecule has 2 saturated heterocycles. The van der Waals surface area contributed by atoms with E-state index in [0.29, 0.717) is 0 Å². The first kappa shape index (κ1) is 16.0. The highest BCUT2D eigenvalue weighted by Gasteiger charge is 2.54. The van der Waals surface area contributed by atoms with Crippen molar-refractivity contribution in [3.05, 3.63) is 10.4 Å². The van der Waals surface area contributed by atoms with Crippen molar-refractivity contribution < 1.29 is 28.8 Å². The summed E-state index contributed by atoms with van der Waals surface area (Å²) in [5.74, 6) is -1.34. The predicted octanol–water partition coefficient (Wildman–Crippen LogP) is 0.508. The van der Waals surface area contributed by atoms with Crippen LogP contribution in [0, 0.1) is 0 Å². The van der Waals surface area contributed by atoms with Crippen molar-refractivity contribution in [3.8, 4) is 0 Å². The molecule has 9 nitrogen and oxygen atoms in total. The number of hydrogen-bond acceptors (Lipinski definition) is 7. The Morgan fingerprint density at radius 3 is 2.67 bits per heavy atom. The molecule has 2 aliphatic heterocycles.